The zero-order valence-corrected chi connectivity index (χ0v) is 18.7. The van der Waals surface area contributed by atoms with Crippen molar-refractivity contribution in [2.75, 3.05) is 0 Å². The monoisotopic (exact) mass is 414 g/mol. The number of aliphatic hydroxyl groups is 1. The fourth-order valence-electron chi connectivity index (χ4n) is 4.00. The Hall–Kier alpha value is -3.27. The molecule has 1 N–H and O–H groups in total. The van der Waals surface area contributed by atoms with Crippen molar-refractivity contribution >= 4 is 23.1 Å². The van der Waals surface area contributed by atoms with Gasteiger partial charge in [0.2, 0.25) is 0 Å². The minimum absolute atomic E-state index is 0.0124. The molecule has 2 aromatic rings. The van der Waals surface area contributed by atoms with Crippen LogP contribution in [0.3, 0.4) is 0 Å². The van der Waals surface area contributed by atoms with Gasteiger partial charge in [-0.25, -0.2) is 0 Å². The number of fused-ring (bicyclic) bond motifs is 2. The molecule has 2 aliphatic carbocycles. The molecule has 4 heteroatoms. The smallest absolute Gasteiger partial charge is 0.197 e. The molecule has 2 aromatic carbocycles. The molecule has 2 aliphatic rings. The highest BCUT2D eigenvalue weighted by Gasteiger charge is 2.37. The number of aliphatic hydroxyl groups excluding tert-OH is 1. The summed E-state index contributed by atoms with van der Waals surface area (Å²) in [6.45, 7) is 12.2. The van der Waals surface area contributed by atoms with Gasteiger partial charge in [0.1, 0.15) is 5.76 Å². The number of hydrogen-bond donors (Lipinski definition) is 1. The lowest BCUT2D eigenvalue weighted by molar-refractivity contribution is 0.0988. The first-order chi connectivity index (χ1) is 14.3. The Labute approximate surface area is 182 Å². The molecule has 0 radical (unpaired) electrons. The van der Waals surface area contributed by atoms with Crippen LogP contribution in [0.5, 0.6) is 0 Å². The Morgan fingerprint density at radius 2 is 1.10 bits per heavy atom. The summed E-state index contributed by atoms with van der Waals surface area (Å²) < 4.78 is 0. The van der Waals surface area contributed by atoms with Gasteiger partial charge in [0.15, 0.2) is 17.3 Å². The molecule has 0 aliphatic heterocycles. The summed E-state index contributed by atoms with van der Waals surface area (Å²) in [5, 5.41) is 10.7. The lowest BCUT2D eigenvalue weighted by atomic mass is 9.85. The van der Waals surface area contributed by atoms with E-state index in [0.29, 0.717) is 22.3 Å². The quantitative estimate of drug-likeness (QED) is 0.476. The number of ketones is 3. The molecular formula is C27H26O4. The van der Waals surface area contributed by atoms with Crippen LogP contribution in [0.4, 0.5) is 0 Å². The minimum atomic E-state index is -0.417. The van der Waals surface area contributed by atoms with Gasteiger partial charge in [-0.15, -0.1) is 0 Å². The SMILES string of the molecule is CC(C)(C)c1ccc2c(c1)C(=O)C(/C=C1\C(=O)c3ccc(C(C)(C)C)cc3C1=O)=C2O. The zero-order chi connectivity index (χ0) is 22.9. The summed E-state index contributed by atoms with van der Waals surface area (Å²) in [5.41, 5.74) is 3.00. The van der Waals surface area contributed by atoms with E-state index in [1.165, 1.54) is 6.08 Å². The zero-order valence-electron chi connectivity index (χ0n) is 18.7. The fraction of sp³-hybridized carbons (Fsp3) is 0.296. The summed E-state index contributed by atoms with van der Waals surface area (Å²) in [6.07, 6.45) is 1.26. The van der Waals surface area contributed by atoms with E-state index in [0.717, 1.165) is 11.1 Å². The topological polar surface area (TPSA) is 71.4 Å². The van der Waals surface area contributed by atoms with Gasteiger partial charge in [-0.2, -0.15) is 0 Å². The molecule has 0 amide bonds. The molecule has 0 saturated carbocycles. The second-order valence-corrected chi connectivity index (χ2v) is 10.3. The summed E-state index contributed by atoms with van der Waals surface area (Å²) in [4.78, 5) is 39.0. The normalized spacial score (nSPS) is 17.6. The van der Waals surface area contributed by atoms with Crippen LogP contribution in [0.1, 0.15) is 89.3 Å². The van der Waals surface area contributed by atoms with E-state index in [1.807, 2.05) is 53.7 Å². The second kappa shape index (κ2) is 6.61. The van der Waals surface area contributed by atoms with Crippen LogP contribution < -0.4 is 0 Å². The summed E-state index contributed by atoms with van der Waals surface area (Å²) in [6, 6.07) is 10.7. The Bertz CT molecular complexity index is 1240. The van der Waals surface area contributed by atoms with Gasteiger partial charge in [0, 0.05) is 22.3 Å². The molecule has 0 aromatic heterocycles. The van der Waals surface area contributed by atoms with Crippen molar-refractivity contribution in [3.8, 4) is 0 Å². The molecule has 0 atom stereocenters. The third-order valence-corrected chi connectivity index (χ3v) is 6.04. The van der Waals surface area contributed by atoms with Crippen molar-refractivity contribution < 1.29 is 19.5 Å². The van der Waals surface area contributed by atoms with Crippen LogP contribution in [0.2, 0.25) is 0 Å². The molecule has 0 fully saturated rings. The fourth-order valence-corrected chi connectivity index (χ4v) is 4.00. The van der Waals surface area contributed by atoms with Crippen LogP contribution in [-0.4, -0.2) is 22.5 Å². The highest BCUT2D eigenvalue weighted by molar-refractivity contribution is 6.40. The standard InChI is InChI=1S/C27H26O4/c1-26(2,3)14-7-9-16-18(11-14)24(30)20(22(16)28)13-21-23(29)17-10-8-15(27(4,5)6)12-19(17)25(21)31/h7-13,28H,1-6H3/b21-13+. The minimum Gasteiger partial charge on any atom is -0.507 e. The van der Waals surface area contributed by atoms with Gasteiger partial charge < -0.3 is 5.11 Å². The Balaban J connectivity index is 1.77. The van der Waals surface area contributed by atoms with Gasteiger partial charge in [0.05, 0.1) is 11.1 Å². The molecule has 31 heavy (non-hydrogen) atoms. The first-order valence-corrected chi connectivity index (χ1v) is 10.4. The van der Waals surface area contributed by atoms with E-state index in [-0.39, 0.29) is 33.5 Å². The predicted octanol–water partition coefficient (Wildman–Crippen LogP) is 5.75. The van der Waals surface area contributed by atoms with Gasteiger partial charge in [-0.05, 0) is 46.2 Å². The molecule has 0 saturated heterocycles. The number of hydrogen-bond acceptors (Lipinski definition) is 4. The maximum Gasteiger partial charge on any atom is 0.197 e. The van der Waals surface area contributed by atoms with Crippen molar-refractivity contribution in [2.45, 2.75) is 52.4 Å². The highest BCUT2D eigenvalue weighted by Crippen LogP contribution is 2.37. The maximum atomic E-state index is 13.1. The lowest BCUT2D eigenvalue weighted by Crippen LogP contribution is -2.12. The molecule has 0 heterocycles. The van der Waals surface area contributed by atoms with Crippen LogP contribution in [0.25, 0.3) is 5.76 Å². The van der Waals surface area contributed by atoms with E-state index < -0.39 is 11.6 Å². The van der Waals surface area contributed by atoms with Crippen molar-refractivity contribution in [3.63, 3.8) is 0 Å². The van der Waals surface area contributed by atoms with E-state index in [4.69, 9.17) is 0 Å². The van der Waals surface area contributed by atoms with Gasteiger partial charge >= 0.3 is 0 Å². The third-order valence-electron chi connectivity index (χ3n) is 6.04. The molecular weight excluding hydrogens is 388 g/mol. The molecule has 4 rings (SSSR count). The molecule has 0 spiro atoms. The summed E-state index contributed by atoms with van der Waals surface area (Å²) >= 11 is 0. The van der Waals surface area contributed by atoms with Crippen LogP contribution in [0, 0.1) is 0 Å². The number of carbonyl (C=O) groups is 3. The lowest BCUT2D eigenvalue weighted by Gasteiger charge is -2.19. The third kappa shape index (κ3) is 3.27. The predicted molar refractivity (Wildman–Crippen MR) is 121 cm³/mol. The molecule has 158 valence electrons. The Morgan fingerprint density at radius 3 is 1.61 bits per heavy atom. The van der Waals surface area contributed by atoms with Crippen LogP contribution in [-0.2, 0) is 10.8 Å². The highest BCUT2D eigenvalue weighted by atomic mass is 16.3. The average Bonchev–Trinajstić information content (AvgIpc) is 3.07. The van der Waals surface area contributed by atoms with E-state index in [2.05, 4.69) is 0 Å². The number of benzene rings is 2. The van der Waals surface area contributed by atoms with Gasteiger partial charge in [-0.3, -0.25) is 14.4 Å². The largest absolute Gasteiger partial charge is 0.507 e. The number of Topliss-reactive ketones (excluding diaryl/α,β-unsaturated/α-hetero) is 3. The van der Waals surface area contributed by atoms with Crippen molar-refractivity contribution in [1.82, 2.24) is 0 Å². The van der Waals surface area contributed by atoms with Crippen molar-refractivity contribution in [2.24, 2.45) is 0 Å². The second-order valence-electron chi connectivity index (χ2n) is 10.3. The van der Waals surface area contributed by atoms with Crippen molar-refractivity contribution in [1.29, 1.82) is 0 Å². The van der Waals surface area contributed by atoms with Gasteiger partial charge in [0.25, 0.3) is 0 Å². The average molecular weight is 415 g/mol. The van der Waals surface area contributed by atoms with Crippen LogP contribution in [0.15, 0.2) is 53.6 Å². The Morgan fingerprint density at radius 1 is 0.645 bits per heavy atom. The van der Waals surface area contributed by atoms with E-state index in [1.54, 1.807) is 24.3 Å². The summed E-state index contributed by atoms with van der Waals surface area (Å²) in [7, 11) is 0. The maximum absolute atomic E-state index is 13.1. The number of carbonyl (C=O) groups excluding carboxylic acids is 3. The number of allylic oxidation sites excluding steroid dienone is 3. The first-order valence-electron chi connectivity index (χ1n) is 10.4. The Kier molecular flexibility index (Phi) is 4.48. The molecule has 0 bridgehead atoms. The van der Waals surface area contributed by atoms with E-state index in [9.17, 15) is 19.5 Å². The summed E-state index contributed by atoms with van der Waals surface area (Å²) in [5.74, 6) is -1.40. The number of rotatable bonds is 1. The van der Waals surface area contributed by atoms with E-state index >= 15 is 0 Å². The molecule has 4 nitrogen and oxygen atoms in total. The van der Waals surface area contributed by atoms with Crippen LogP contribution >= 0.6 is 0 Å². The van der Waals surface area contributed by atoms with Gasteiger partial charge in [-0.1, -0.05) is 59.7 Å². The first kappa shape index (κ1) is 21.0. The van der Waals surface area contributed by atoms with Crippen molar-refractivity contribution in [3.05, 3.63) is 87.0 Å². The molecule has 0 unspecified atom stereocenters.